The van der Waals surface area contributed by atoms with Crippen LogP contribution in [-0.4, -0.2) is 42.7 Å². The van der Waals surface area contributed by atoms with E-state index in [1.165, 1.54) is 15.6 Å². The molecule has 0 aliphatic carbocycles. The average molecular weight is 464 g/mol. The molecule has 3 aromatic carbocycles. The lowest BCUT2D eigenvalue weighted by Gasteiger charge is -2.26. The molecule has 0 bridgehead atoms. The Bertz CT molecular complexity index is 1300. The van der Waals surface area contributed by atoms with Gasteiger partial charge in [-0.05, 0) is 74.0 Å². The Morgan fingerprint density at radius 2 is 1.67 bits per heavy atom. The molecular formula is C26H29N3O3S. The molecule has 0 fully saturated rings. The van der Waals surface area contributed by atoms with Gasteiger partial charge >= 0.3 is 0 Å². The van der Waals surface area contributed by atoms with Gasteiger partial charge in [-0.3, -0.25) is 9.59 Å². The number of hydrogen-bond acceptors (Lipinski definition) is 7. The van der Waals surface area contributed by atoms with Crippen LogP contribution in [0.5, 0.6) is 5.75 Å². The summed E-state index contributed by atoms with van der Waals surface area (Å²) in [6, 6.07) is 15.6. The summed E-state index contributed by atoms with van der Waals surface area (Å²) in [5, 5.41) is 19.4. The highest BCUT2D eigenvalue weighted by Gasteiger charge is 2.24. The minimum Gasteiger partial charge on any atom is -0.508 e. The van der Waals surface area contributed by atoms with E-state index in [1.807, 2.05) is 45.3 Å². The largest absolute Gasteiger partial charge is 0.508 e. The van der Waals surface area contributed by atoms with Crippen molar-refractivity contribution in [3.63, 3.8) is 0 Å². The zero-order valence-corrected chi connectivity index (χ0v) is 19.9. The SMILES string of the molecule is CC(Cc1csc2ccccc12)Nc1c(NCC(Cc2ccc(O)cc2)N(C)C)c(=O)c1=O. The molecule has 1 heterocycles. The Morgan fingerprint density at radius 3 is 2.39 bits per heavy atom. The molecule has 1 aromatic heterocycles. The summed E-state index contributed by atoms with van der Waals surface area (Å²) in [6.45, 7) is 2.55. The normalized spacial score (nSPS) is 13.5. The standard InChI is InChI=1S/C26H29N3O3S/c1-16(12-18-15-33-22-7-5-4-6-21(18)22)28-24-23(25(31)26(24)32)27-14-19(29(2)3)13-17-8-10-20(30)11-9-17/h4-11,15-16,19,27-28,30H,12-14H2,1-3H3. The Labute approximate surface area is 197 Å². The summed E-state index contributed by atoms with van der Waals surface area (Å²) in [7, 11) is 3.97. The van der Waals surface area contributed by atoms with Gasteiger partial charge in [0, 0.05) is 23.3 Å². The first-order valence-electron chi connectivity index (χ1n) is 11.1. The summed E-state index contributed by atoms with van der Waals surface area (Å²) in [5.41, 5.74) is 2.17. The lowest BCUT2D eigenvalue weighted by molar-refractivity contribution is 0.303. The first kappa shape index (κ1) is 23.0. The number of phenols is 1. The van der Waals surface area contributed by atoms with Crippen molar-refractivity contribution in [3.8, 4) is 5.75 Å². The van der Waals surface area contributed by atoms with Gasteiger partial charge in [-0.25, -0.2) is 0 Å². The van der Waals surface area contributed by atoms with E-state index < -0.39 is 10.9 Å². The van der Waals surface area contributed by atoms with Crippen molar-refractivity contribution in [2.75, 3.05) is 31.3 Å². The number of hydrogen-bond donors (Lipinski definition) is 3. The van der Waals surface area contributed by atoms with Gasteiger partial charge in [-0.15, -0.1) is 11.3 Å². The van der Waals surface area contributed by atoms with Gasteiger partial charge in [0.15, 0.2) is 0 Å². The molecule has 0 radical (unpaired) electrons. The molecule has 172 valence electrons. The van der Waals surface area contributed by atoms with Crippen molar-refractivity contribution in [3.05, 3.63) is 85.5 Å². The number of aromatic hydroxyl groups is 1. The Kier molecular flexibility index (Phi) is 6.81. The molecule has 0 amide bonds. The maximum atomic E-state index is 12.3. The molecule has 0 saturated heterocycles. The average Bonchev–Trinajstić information content (AvgIpc) is 3.21. The molecule has 7 heteroatoms. The number of thiophene rings is 1. The monoisotopic (exact) mass is 463 g/mol. The van der Waals surface area contributed by atoms with E-state index in [0.717, 1.165) is 18.4 Å². The van der Waals surface area contributed by atoms with E-state index in [-0.39, 0.29) is 17.8 Å². The zero-order chi connectivity index (χ0) is 23.5. The summed E-state index contributed by atoms with van der Waals surface area (Å²) >= 11 is 1.72. The predicted octanol–water partition coefficient (Wildman–Crippen LogP) is 3.83. The first-order chi connectivity index (χ1) is 15.8. The molecular weight excluding hydrogens is 434 g/mol. The summed E-state index contributed by atoms with van der Waals surface area (Å²) in [6.07, 6.45) is 1.52. The summed E-state index contributed by atoms with van der Waals surface area (Å²) in [5.74, 6) is 0.238. The molecule has 2 atom stereocenters. The topological polar surface area (TPSA) is 81.7 Å². The van der Waals surface area contributed by atoms with E-state index in [9.17, 15) is 14.7 Å². The molecule has 6 nitrogen and oxygen atoms in total. The number of fused-ring (bicyclic) bond motifs is 1. The van der Waals surface area contributed by atoms with Crippen LogP contribution < -0.4 is 21.5 Å². The zero-order valence-electron chi connectivity index (χ0n) is 19.1. The van der Waals surface area contributed by atoms with Crippen LogP contribution in [0.3, 0.4) is 0 Å². The van der Waals surface area contributed by atoms with Crippen molar-refractivity contribution in [2.45, 2.75) is 31.8 Å². The number of rotatable bonds is 10. The molecule has 2 unspecified atom stereocenters. The molecule has 4 aromatic rings. The number of benzene rings is 2. The molecule has 0 aliphatic heterocycles. The number of nitrogens with zero attached hydrogens (tertiary/aromatic N) is 1. The van der Waals surface area contributed by atoms with Crippen LogP contribution in [0.2, 0.25) is 0 Å². The second kappa shape index (κ2) is 9.77. The molecule has 0 saturated carbocycles. The van der Waals surface area contributed by atoms with Crippen LogP contribution in [0.1, 0.15) is 18.1 Å². The van der Waals surface area contributed by atoms with Gasteiger partial charge in [-0.2, -0.15) is 0 Å². The van der Waals surface area contributed by atoms with Crippen molar-refractivity contribution >= 4 is 32.8 Å². The quantitative estimate of drug-likeness (QED) is 0.310. The van der Waals surface area contributed by atoms with Crippen molar-refractivity contribution in [2.24, 2.45) is 0 Å². The molecule has 33 heavy (non-hydrogen) atoms. The third kappa shape index (κ3) is 5.10. The second-order valence-corrected chi connectivity index (χ2v) is 9.69. The van der Waals surface area contributed by atoms with E-state index >= 15 is 0 Å². The molecule has 0 spiro atoms. The minimum atomic E-state index is -0.465. The maximum Gasteiger partial charge on any atom is 0.253 e. The predicted molar refractivity (Wildman–Crippen MR) is 138 cm³/mol. The van der Waals surface area contributed by atoms with Crippen LogP contribution in [0.4, 0.5) is 11.4 Å². The maximum absolute atomic E-state index is 12.3. The third-order valence-electron chi connectivity index (χ3n) is 6.04. The fourth-order valence-electron chi connectivity index (χ4n) is 4.08. The number of nitrogens with one attached hydrogen (secondary N) is 2. The van der Waals surface area contributed by atoms with Crippen LogP contribution in [0.15, 0.2) is 63.5 Å². The molecule has 4 rings (SSSR count). The number of phenolic OH excluding ortho intramolecular Hbond substituents is 1. The van der Waals surface area contributed by atoms with E-state index in [2.05, 4.69) is 33.0 Å². The summed E-state index contributed by atoms with van der Waals surface area (Å²) < 4.78 is 1.25. The second-order valence-electron chi connectivity index (χ2n) is 8.78. The van der Waals surface area contributed by atoms with Crippen LogP contribution in [0, 0.1) is 0 Å². The fourth-order valence-corrected chi connectivity index (χ4v) is 5.05. The smallest absolute Gasteiger partial charge is 0.253 e. The van der Waals surface area contributed by atoms with E-state index in [1.54, 1.807) is 23.5 Å². The molecule has 0 aliphatic rings. The third-order valence-corrected chi connectivity index (χ3v) is 7.05. The van der Waals surface area contributed by atoms with Gasteiger partial charge in [0.2, 0.25) is 0 Å². The number of likely N-dealkylation sites (N-methyl/N-ethyl adjacent to an activating group) is 1. The van der Waals surface area contributed by atoms with Gasteiger partial charge in [0.1, 0.15) is 17.1 Å². The van der Waals surface area contributed by atoms with Crippen molar-refractivity contribution in [1.29, 1.82) is 0 Å². The van der Waals surface area contributed by atoms with Crippen LogP contribution in [-0.2, 0) is 12.8 Å². The van der Waals surface area contributed by atoms with Gasteiger partial charge in [-0.1, -0.05) is 30.3 Å². The van der Waals surface area contributed by atoms with Crippen molar-refractivity contribution < 1.29 is 5.11 Å². The lowest BCUT2D eigenvalue weighted by atomic mass is 10.0. The fraction of sp³-hybridized carbons (Fsp3) is 0.308. The van der Waals surface area contributed by atoms with Crippen LogP contribution in [0.25, 0.3) is 10.1 Å². The minimum absolute atomic E-state index is 0.00787. The van der Waals surface area contributed by atoms with Gasteiger partial charge in [0.25, 0.3) is 10.9 Å². The summed E-state index contributed by atoms with van der Waals surface area (Å²) in [4.78, 5) is 26.6. The highest BCUT2D eigenvalue weighted by Crippen LogP contribution is 2.27. The highest BCUT2D eigenvalue weighted by molar-refractivity contribution is 7.17. The van der Waals surface area contributed by atoms with Crippen molar-refractivity contribution in [1.82, 2.24) is 4.90 Å². The number of anilines is 2. The first-order valence-corrected chi connectivity index (χ1v) is 11.9. The Morgan fingerprint density at radius 1 is 0.970 bits per heavy atom. The molecule has 3 N–H and O–H groups in total. The van der Waals surface area contributed by atoms with Crippen LogP contribution >= 0.6 is 11.3 Å². The van der Waals surface area contributed by atoms with Gasteiger partial charge in [0.05, 0.1) is 0 Å². The van der Waals surface area contributed by atoms with Gasteiger partial charge < -0.3 is 20.6 Å². The van der Waals surface area contributed by atoms with E-state index in [4.69, 9.17) is 0 Å². The van der Waals surface area contributed by atoms with E-state index in [0.29, 0.717) is 17.9 Å². The Hall–Kier alpha value is -3.16. The lowest BCUT2D eigenvalue weighted by Crippen LogP contribution is -2.43. The Balaban J connectivity index is 1.41. The highest BCUT2D eigenvalue weighted by atomic mass is 32.1.